The van der Waals surface area contributed by atoms with Crippen molar-refractivity contribution in [2.45, 2.75) is 6.54 Å². The highest BCUT2D eigenvalue weighted by Gasteiger charge is 2.00. The Balaban J connectivity index is 1.77. The van der Waals surface area contributed by atoms with Gasteiger partial charge in [0.05, 0.1) is 0 Å². The zero-order chi connectivity index (χ0) is 13.2. The van der Waals surface area contributed by atoms with E-state index < -0.39 is 0 Å². The molecule has 0 spiro atoms. The molecule has 96 valence electrons. The first kappa shape index (κ1) is 12.8. The molecule has 2 aromatic carbocycles. The first-order valence-corrected chi connectivity index (χ1v) is 7.50. The van der Waals surface area contributed by atoms with Gasteiger partial charge in [-0.2, -0.15) is 0 Å². The molecule has 0 radical (unpaired) electrons. The quantitative estimate of drug-likeness (QED) is 0.643. The zero-order valence-corrected chi connectivity index (χ0v) is 12.3. The summed E-state index contributed by atoms with van der Waals surface area (Å²) in [5.74, 6) is 0. The fourth-order valence-electron chi connectivity index (χ4n) is 1.99. The van der Waals surface area contributed by atoms with Gasteiger partial charge in [0.15, 0.2) is 0 Å². The summed E-state index contributed by atoms with van der Waals surface area (Å²) in [5, 5.41) is 8.08. The maximum Gasteiger partial charge on any atom is 0.0424 e. The van der Waals surface area contributed by atoms with Crippen molar-refractivity contribution in [3.05, 3.63) is 63.5 Å². The molecule has 0 saturated heterocycles. The summed E-state index contributed by atoms with van der Waals surface area (Å²) in [5.41, 5.74) is 2.17. The van der Waals surface area contributed by atoms with Gasteiger partial charge < -0.3 is 5.32 Å². The number of halogens is 2. The molecule has 1 nitrogen and oxygen atoms in total. The van der Waals surface area contributed by atoms with Crippen LogP contribution < -0.4 is 5.32 Å². The van der Waals surface area contributed by atoms with E-state index in [1.165, 1.54) is 10.1 Å². The van der Waals surface area contributed by atoms with E-state index in [1.807, 2.05) is 12.1 Å². The van der Waals surface area contributed by atoms with Gasteiger partial charge >= 0.3 is 0 Å². The fraction of sp³-hybridized carbons (Fsp3) is 0.0667. The lowest BCUT2D eigenvalue weighted by atomic mass is 10.2. The van der Waals surface area contributed by atoms with E-state index in [1.54, 1.807) is 17.4 Å². The third-order valence-corrected chi connectivity index (χ3v) is 4.21. The molecule has 0 unspecified atom stereocenters. The minimum Gasteiger partial charge on any atom is -0.381 e. The van der Waals surface area contributed by atoms with Gasteiger partial charge in [-0.25, -0.2) is 0 Å². The van der Waals surface area contributed by atoms with Crippen LogP contribution in [-0.4, -0.2) is 0 Å². The molecule has 3 aromatic rings. The second kappa shape index (κ2) is 5.41. The van der Waals surface area contributed by atoms with Gasteiger partial charge in [-0.05, 0) is 58.8 Å². The number of benzene rings is 2. The lowest BCUT2D eigenvalue weighted by molar-refractivity contribution is 1.15. The van der Waals surface area contributed by atoms with Crippen molar-refractivity contribution in [1.29, 1.82) is 0 Å². The molecule has 1 N–H and O–H groups in total. The van der Waals surface area contributed by atoms with Gasteiger partial charge in [-0.15, -0.1) is 11.3 Å². The summed E-state index contributed by atoms with van der Waals surface area (Å²) in [7, 11) is 0. The smallest absolute Gasteiger partial charge is 0.0424 e. The van der Waals surface area contributed by atoms with Crippen LogP contribution in [0, 0.1) is 0 Å². The van der Waals surface area contributed by atoms with Crippen LogP contribution in [-0.2, 0) is 6.54 Å². The SMILES string of the molecule is Clc1cc(Cl)cc(CNc2ccc3sccc3c2)c1. The predicted octanol–water partition coefficient (Wildman–Crippen LogP) is 5.82. The van der Waals surface area contributed by atoms with Gasteiger partial charge in [0, 0.05) is 27.0 Å². The largest absolute Gasteiger partial charge is 0.381 e. The second-order valence-electron chi connectivity index (χ2n) is 4.30. The van der Waals surface area contributed by atoms with Crippen molar-refractivity contribution in [3.8, 4) is 0 Å². The standard InChI is InChI=1S/C15H11Cl2NS/c16-12-5-10(6-13(17)8-12)9-18-14-1-2-15-11(7-14)3-4-19-15/h1-8,18H,9H2. The molecule has 3 rings (SSSR count). The van der Waals surface area contributed by atoms with Crippen molar-refractivity contribution in [3.63, 3.8) is 0 Å². The van der Waals surface area contributed by atoms with Crippen molar-refractivity contribution in [2.75, 3.05) is 5.32 Å². The van der Waals surface area contributed by atoms with Crippen LogP contribution in [0.1, 0.15) is 5.56 Å². The highest BCUT2D eigenvalue weighted by molar-refractivity contribution is 7.17. The van der Waals surface area contributed by atoms with Crippen LogP contribution in [0.4, 0.5) is 5.69 Å². The third kappa shape index (κ3) is 3.03. The summed E-state index contributed by atoms with van der Waals surface area (Å²) in [6, 6.07) is 14.1. The molecule has 0 saturated carbocycles. The van der Waals surface area contributed by atoms with Crippen molar-refractivity contribution >= 4 is 50.3 Å². The van der Waals surface area contributed by atoms with E-state index in [0.29, 0.717) is 16.6 Å². The number of thiophene rings is 1. The Morgan fingerprint density at radius 3 is 2.53 bits per heavy atom. The van der Waals surface area contributed by atoms with Crippen LogP contribution in [0.25, 0.3) is 10.1 Å². The van der Waals surface area contributed by atoms with Gasteiger partial charge in [0.2, 0.25) is 0 Å². The Labute approximate surface area is 125 Å². The van der Waals surface area contributed by atoms with Crippen molar-refractivity contribution in [1.82, 2.24) is 0 Å². The van der Waals surface area contributed by atoms with E-state index >= 15 is 0 Å². The molecule has 0 aliphatic carbocycles. The maximum absolute atomic E-state index is 5.98. The van der Waals surface area contributed by atoms with E-state index in [2.05, 4.69) is 35.0 Å². The monoisotopic (exact) mass is 307 g/mol. The number of anilines is 1. The van der Waals surface area contributed by atoms with Crippen LogP contribution in [0.15, 0.2) is 47.8 Å². The Hall–Kier alpha value is -1.22. The van der Waals surface area contributed by atoms with Gasteiger partial charge in [0.1, 0.15) is 0 Å². The average Bonchev–Trinajstić information content (AvgIpc) is 2.82. The summed E-state index contributed by atoms with van der Waals surface area (Å²) < 4.78 is 1.30. The minimum absolute atomic E-state index is 0.664. The topological polar surface area (TPSA) is 12.0 Å². The second-order valence-corrected chi connectivity index (χ2v) is 6.13. The molecule has 1 heterocycles. The molecule has 19 heavy (non-hydrogen) atoms. The molecule has 0 fully saturated rings. The summed E-state index contributed by atoms with van der Waals surface area (Å²) >= 11 is 13.7. The van der Waals surface area contributed by atoms with E-state index in [0.717, 1.165) is 11.3 Å². The molecule has 0 aliphatic heterocycles. The first-order valence-electron chi connectivity index (χ1n) is 5.87. The average molecular weight is 308 g/mol. The Morgan fingerprint density at radius 1 is 0.947 bits per heavy atom. The fourth-order valence-corrected chi connectivity index (χ4v) is 3.34. The first-order chi connectivity index (χ1) is 9.20. The van der Waals surface area contributed by atoms with Crippen molar-refractivity contribution < 1.29 is 0 Å². The lowest BCUT2D eigenvalue weighted by Gasteiger charge is -2.07. The highest BCUT2D eigenvalue weighted by atomic mass is 35.5. The van der Waals surface area contributed by atoms with Gasteiger partial charge in [-0.3, -0.25) is 0 Å². The van der Waals surface area contributed by atoms with Gasteiger partial charge in [0.25, 0.3) is 0 Å². The number of fused-ring (bicyclic) bond motifs is 1. The van der Waals surface area contributed by atoms with E-state index in [4.69, 9.17) is 23.2 Å². The Kier molecular flexibility index (Phi) is 3.65. The number of rotatable bonds is 3. The molecule has 0 atom stereocenters. The Bertz CT molecular complexity index is 701. The summed E-state index contributed by atoms with van der Waals surface area (Å²) in [6.07, 6.45) is 0. The molecule has 0 aliphatic rings. The normalized spacial score (nSPS) is 10.8. The third-order valence-electron chi connectivity index (χ3n) is 2.87. The molecule has 1 aromatic heterocycles. The summed E-state index contributed by atoms with van der Waals surface area (Å²) in [4.78, 5) is 0. The molecular formula is C15H11Cl2NS. The van der Waals surface area contributed by atoms with Crippen LogP contribution >= 0.6 is 34.5 Å². The lowest BCUT2D eigenvalue weighted by Crippen LogP contribution is -1.99. The zero-order valence-electron chi connectivity index (χ0n) is 9.99. The molecular weight excluding hydrogens is 297 g/mol. The van der Waals surface area contributed by atoms with E-state index in [9.17, 15) is 0 Å². The molecule has 0 bridgehead atoms. The van der Waals surface area contributed by atoms with Gasteiger partial charge in [-0.1, -0.05) is 23.2 Å². The van der Waals surface area contributed by atoms with Crippen LogP contribution in [0.2, 0.25) is 10.0 Å². The number of hydrogen-bond donors (Lipinski definition) is 1. The number of nitrogens with one attached hydrogen (secondary N) is 1. The Morgan fingerprint density at radius 2 is 1.74 bits per heavy atom. The predicted molar refractivity (Wildman–Crippen MR) is 85.6 cm³/mol. The maximum atomic E-state index is 5.98. The molecule has 0 amide bonds. The molecule has 4 heteroatoms. The van der Waals surface area contributed by atoms with Crippen molar-refractivity contribution in [2.24, 2.45) is 0 Å². The summed E-state index contributed by atoms with van der Waals surface area (Å²) in [6.45, 7) is 0.704. The van der Waals surface area contributed by atoms with E-state index in [-0.39, 0.29) is 0 Å². The highest BCUT2D eigenvalue weighted by Crippen LogP contribution is 2.25. The number of hydrogen-bond acceptors (Lipinski definition) is 2. The van der Waals surface area contributed by atoms with Crippen LogP contribution in [0.5, 0.6) is 0 Å². The van der Waals surface area contributed by atoms with Crippen LogP contribution in [0.3, 0.4) is 0 Å². The minimum atomic E-state index is 0.664.